The Morgan fingerprint density at radius 2 is 2.07 bits per heavy atom. The zero-order valence-corrected chi connectivity index (χ0v) is 10.6. The van der Waals surface area contributed by atoms with E-state index >= 15 is 0 Å². The van der Waals surface area contributed by atoms with Crippen LogP contribution in [0.5, 0.6) is 0 Å². The van der Waals surface area contributed by atoms with Crippen molar-refractivity contribution in [2.75, 3.05) is 11.9 Å². The van der Waals surface area contributed by atoms with Gasteiger partial charge in [0.1, 0.15) is 5.15 Å². The van der Waals surface area contributed by atoms with Gasteiger partial charge in [-0.05, 0) is 31.4 Å². The molecule has 0 N–H and O–H groups in total. The van der Waals surface area contributed by atoms with E-state index in [4.69, 9.17) is 11.6 Å². The Bertz CT molecular complexity index is 312. The van der Waals surface area contributed by atoms with Gasteiger partial charge in [-0.25, -0.2) is 4.98 Å². The first-order chi connectivity index (χ1) is 7.00. The zero-order valence-electron chi connectivity index (χ0n) is 9.87. The summed E-state index contributed by atoms with van der Waals surface area (Å²) in [7, 11) is 2.10. The number of nitrogens with zero attached hydrogens (tertiary/aromatic N) is 2. The molecule has 0 spiro atoms. The van der Waals surface area contributed by atoms with Crippen LogP contribution in [0, 0.1) is 5.92 Å². The van der Waals surface area contributed by atoms with E-state index in [1.165, 1.54) is 6.42 Å². The molecule has 1 heterocycles. The van der Waals surface area contributed by atoms with E-state index in [0.717, 1.165) is 5.69 Å². The maximum Gasteiger partial charge on any atom is 0.131 e. The molecule has 0 aliphatic heterocycles. The molecule has 0 saturated heterocycles. The van der Waals surface area contributed by atoms with Crippen molar-refractivity contribution in [3.63, 3.8) is 0 Å². The fourth-order valence-corrected chi connectivity index (χ4v) is 1.87. The first-order valence-electron chi connectivity index (χ1n) is 5.35. The molecule has 0 saturated carbocycles. The van der Waals surface area contributed by atoms with Crippen molar-refractivity contribution in [2.24, 2.45) is 5.92 Å². The van der Waals surface area contributed by atoms with E-state index in [1.807, 2.05) is 12.1 Å². The van der Waals surface area contributed by atoms with Crippen molar-refractivity contribution >= 4 is 17.3 Å². The zero-order chi connectivity index (χ0) is 11.4. The summed E-state index contributed by atoms with van der Waals surface area (Å²) in [5.74, 6) is 0.708. The minimum atomic E-state index is 0.517. The summed E-state index contributed by atoms with van der Waals surface area (Å²) in [5, 5.41) is 0.552. The van der Waals surface area contributed by atoms with Gasteiger partial charge in [-0.1, -0.05) is 25.4 Å². The molecule has 0 radical (unpaired) electrons. The molecule has 0 fully saturated rings. The molecule has 15 heavy (non-hydrogen) atoms. The van der Waals surface area contributed by atoms with Gasteiger partial charge in [-0.3, -0.25) is 0 Å². The van der Waals surface area contributed by atoms with Gasteiger partial charge in [0.2, 0.25) is 0 Å². The van der Waals surface area contributed by atoms with E-state index in [0.29, 0.717) is 17.1 Å². The largest absolute Gasteiger partial charge is 0.372 e. The van der Waals surface area contributed by atoms with Crippen molar-refractivity contribution in [1.82, 2.24) is 4.98 Å². The highest BCUT2D eigenvalue weighted by molar-refractivity contribution is 6.29. The van der Waals surface area contributed by atoms with Gasteiger partial charge in [0, 0.05) is 25.0 Å². The highest BCUT2D eigenvalue weighted by Gasteiger charge is 2.11. The summed E-state index contributed by atoms with van der Waals surface area (Å²) >= 11 is 5.86. The molecule has 1 unspecified atom stereocenters. The van der Waals surface area contributed by atoms with Crippen molar-refractivity contribution in [2.45, 2.75) is 33.2 Å². The quantitative estimate of drug-likeness (QED) is 0.730. The Morgan fingerprint density at radius 1 is 1.40 bits per heavy atom. The summed E-state index contributed by atoms with van der Waals surface area (Å²) in [5.41, 5.74) is 1.13. The molecule has 0 bridgehead atoms. The first kappa shape index (κ1) is 12.3. The van der Waals surface area contributed by atoms with E-state index in [9.17, 15) is 0 Å². The van der Waals surface area contributed by atoms with E-state index in [2.05, 4.69) is 37.7 Å². The second kappa shape index (κ2) is 5.36. The molecular formula is C12H19ClN2. The van der Waals surface area contributed by atoms with Crippen LogP contribution in [0.15, 0.2) is 18.3 Å². The van der Waals surface area contributed by atoms with E-state index in [-0.39, 0.29) is 0 Å². The van der Waals surface area contributed by atoms with Gasteiger partial charge in [0.15, 0.2) is 0 Å². The number of hydrogen-bond acceptors (Lipinski definition) is 2. The van der Waals surface area contributed by atoms with Crippen molar-refractivity contribution < 1.29 is 0 Å². The number of pyridine rings is 1. The van der Waals surface area contributed by atoms with Crippen molar-refractivity contribution in [3.05, 3.63) is 23.5 Å². The lowest BCUT2D eigenvalue weighted by Crippen LogP contribution is -2.29. The molecule has 84 valence electrons. The van der Waals surface area contributed by atoms with Crippen LogP contribution in [0.4, 0.5) is 5.69 Å². The fraction of sp³-hybridized carbons (Fsp3) is 0.583. The third-order valence-electron chi connectivity index (χ3n) is 2.59. The standard InChI is InChI=1S/C12H19ClN2/c1-9(2)7-10(3)15(4)11-5-6-14-12(13)8-11/h5-6,8-10H,7H2,1-4H3. The number of anilines is 1. The predicted molar refractivity (Wildman–Crippen MR) is 66.6 cm³/mol. The summed E-state index contributed by atoms with van der Waals surface area (Å²) in [6, 6.07) is 4.41. The van der Waals surface area contributed by atoms with E-state index in [1.54, 1.807) is 6.20 Å². The SMILES string of the molecule is CC(C)CC(C)N(C)c1ccnc(Cl)c1. The van der Waals surface area contributed by atoms with Crippen LogP contribution in [0.2, 0.25) is 5.15 Å². The minimum Gasteiger partial charge on any atom is -0.372 e. The molecule has 0 aliphatic rings. The summed E-state index contributed by atoms with van der Waals surface area (Å²) in [6.07, 6.45) is 2.92. The van der Waals surface area contributed by atoms with Crippen LogP contribution < -0.4 is 4.90 Å². The maximum absolute atomic E-state index is 5.86. The molecule has 0 aromatic carbocycles. The third kappa shape index (κ3) is 3.71. The number of halogens is 1. The highest BCUT2D eigenvalue weighted by atomic mass is 35.5. The molecule has 1 aromatic rings. The Labute approximate surface area is 97.3 Å². The molecule has 1 rings (SSSR count). The molecule has 3 heteroatoms. The van der Waals surface area contributed by atoms with E-state index < -0.39 is 0 Å². The summed E-state index contributed by atoms with van der Waals surface area (Å²) < 4.78 is 0. The monoisotopic (exact) mass is 226 g/mol. The van der Waals surface area contributed by atoms with Crippen LogP contribution >= 0.6 is 11.6 Å². The summed E-state index contributed by atoms with van der Waals surface area (Å²) in [4.78, 5) is 6.22. The molecule has 0 amide bonds. The van der Waals surface area contributed by atoms with Crippen LogP contribution in [0.3, 0.4) is 0 Å². The van der Waals surface area contributed by atoms with Crippen LogP contribution in [-0.2, 0) is 0 Å². The van der Waals surface area contributed by atoms with Crippen LogP contribution in [0.25, 0.3) is 0 Å². The molecule has 1 atom stereocenters. The average Bonchev–Trinajstić information content (AvgIpc) is 2.15. The first-order valence-corrected chi connectivity index (χ1v) is 5.73. The molecule has 0 aliphatic carbocycles. The highest BCUT2D eigenvalue weighted by Crippen LogP contribution is 2.20. The molecule has 1 aromatic heterocycles. The Morgan fingerprint density at radius 3 is 2.60 bits per heavy atom. The normalized spacial score (nSPS) is 12.9. The Kier molecular flexibility index (Phi) is 4.40. The second-order valence-corrected chi connectivity index (χ2v) is 4.81. The summed E-state index contributed by atoms with van der Waals surface area (Å²) in [6.45, 7) is 6.71. The van der Waals surface area contributed by atoms with Crippen LogP contribution in [-0.4, -0.2) is 18.1 Å². The lowest BCUT2D eigenvalue weighted by Gasteiger charge is -2.28. The van der Waals surface area contributed by atoms with Crippen molar-refractivity contribution in [1.29, 1.82) is 0 Å². The molecule has 2 nitrogen and oxygen atoms in total. The van der Waals surface area contributed by atoms with Crippen molar-refractivity contribution in [3.8, 4) is 0 Å². The minimum absolute atomic E-state index is 0.517. The fourth-order valence-electron chi connectivity index (χ4n) is 1.71. The Balaban J connectivity index is 2.71. The number of aromatic nitrogens is 1. The Hall–Kier alpha value is -0.760. The second-order valence-electron chi connectivity index (χ2n) is 4.43. The molecular weight excluding hydrogens is 208 g/mol. The number of rotatable bonds is 4. The average molecular weight is 227 g/mol. The lowest BCUT2D eigenvalue weighted by atomic mass is 10.0. The van der Waals surface area contributed by atoms with Gasteiger partial charge in [0.25, 0.3) is 0 Å². The van der Waals surface area contributed by atoms with Gasteiger partial charge >= 0.3 is 0 Å². The van der Waals surface area contributed by atoms with Gasteiger partial charge in [-0.2, -0.15) is 0 Å². The number of hydrogen-bond donors (Lipinski definition) is 0. The predicted octanol–water partition coefficient (Wildman–Crippen LogP) is 3.61. The van der Waals surface area contributed by atoms with Gasteiger partial charge in [0.05, 0.1) is 0 Å². The van der Waals surface area contributed by atoms with Gasteiger partial charge < -0.3 is 4.90 Å². The maximum atomic E-state index is 5.86. The topological polar surface area (TPSA) is 16.1 Å². The van der Waals surface area contributed by atoms with Crippen LogP contribution in [0.1, 0.15) is 27.2 Å². The lowest BCUT2D eigenvalue weighted by molar-refractivity contribution is 0.504. The third-order valence-corrected chi connectivity index (χ3v) is 2.80. The smallest absolute Gasteiger partial charge is 0.131 e. The van der Waals surface area contributed by atoms with Gasteiger partial charge in [-0.15, -0.1) is 0 Å².